The van der Waals surface area contributed by atoms with Gasteiger partial charge in [0.05, 0.1) is 0 Å². The fourth-order valence-corrected chi connectivity index (χ4v) is 3.17. The highest BCUT2D eigenvalue weighted by molar-refractivity contribution is 5.40. The van der Waals surface area contributed by atoms with E-state index in [1.165, 1.54) is 11.1 Å². The van der Waals surface area contributed by atoms with Gasteiger partial charge in [-0.3, -0.25) is 0 Å². The quantitative estimate of drug-likeness (QED) is 0.708. The van der Waals surface area contributed by atoms with Crippen LogP contribution in [-0.4, -0.2) is 6.04 Å². The zero-order chi connectivity index (χ0) is 11.9. The smallest absolute Gasteiger partial charge is 0.0116 e. The Morgan fingerprint density at radius 2 is 1.94 bits per heavy atom. The minimum Gasteiger partial charge on any atom is -0.327 e. The second kappa shape index (κ2) is 3.89. The summed E-state index contributed by atoms with van der Waals surface area (Å²) < 4.78 is 0. The SMILES string of the molecule is Cc1cccc2c1CCC(N)C2C(C)(C)C. The minimum absolute atomic E-state index is 0.252. The molecule has 0 aromatic heterocycles. The third kappa shape index (κ3) is 1.89. The van der Waals surface area contributed by atoms with Crippen LogP contribution in [0.25, 0.3) is 0 Å². The number of fused-ring (bicyclic) bond motifs is 1. The van der Waals surface area contributed by atoms with Gasteiger partial charge in [0.25, 0.3) is 0 Å². The van der Waals surface area contributed by atoms with Crippen LogP contribution in [-0.2, 0) is 6.42 Å². The van der Waals surface area contributed by atoms with Crippen LogP contribution in [0.2, 0.25) is 0 Å². The topological polar surface area (TPSA) is 26.0 Å². The number of nitrogens with two attached hydrogens (primary N) is 1. The van der Waals surface area contributed by atoms with Gasteiger partial charge >= 0.3 is 0 Å². The van der Waals surface area contributed by atoms with Crippen molar-refractivity contribution in [3.8, 4) is 0 Å². The van der Waals surface area contributed by atoms with Crippen molar-refractivity contribution in [1.82, 2.24) is 0 Å². The molecule has 2 atom stereocenters. The van der Waals surface area contributed by atoms with Crippen LogP contribution in [0, 0.1) is 12.3 Å². The maximum absolute atomic E-state index is 6.33. The molecule has 16 heavy (non-hydrogen) atoms. The van der Waals surface area contributed by atoms with E-state index in [4.69, 9.17) is 5.73 Å². The van der Waals surface area contributed by atoms with Crippen LogP contribution in [0.4, 0.5) is 0 Å². The van der Waals surface area contributed by atoms with Gasteiger partial charge in [-0.25, -0.2) is 0 Å². The lowest BCUT2D eigenvalue weighted by Gasteiger charge is -2.40. The predicted molar refractivity (Wildman–Crippen MR) is 69.7 cm³/mol. The second-order valence-corrected chi connectivity index (χ2v) is 6.19. The molecular weight excluding hydrogens is 194 g/mol. The fourth-order valence-electron chi connectivity index (χ4n) is 3.17. The summed E-state index contributed by atoms with van der Waals surface area (Å²) in [4.78, 5) is 0. The van der Waals surface area contributed by atoms with E-state index in [0.29, 0.717) is 12.0 Å². The summed E-state index contributed by atoms with van der Waals surface area (Å²) in [6, 6.07) is 6.98. The van der Waals surface area contributed by atoms with Gasteiger partial charge in [-0.2, -0.15) is 0 Å². The molecule has 2 N–H and O–H groups in total. The Morgan fingerprint density at radius 3 is 2.56 bits per heavy atom. The molecule has 1 aromatic rings. The molecule has 0 aliphatic heterocycles. The maximum Gasteiger partial charge on any atom is 0.0116 e. The second-order valence-electron chi connectivity index (χ2n) is 6.19. The predicted octanol–water partition coefficient (Wildman–Crippen LogP) is 3.40. The van der Waals surface area contributed by atoms with E-state index in [-0.39, 0.29) is 5.41 Å². The van der Waals surface area contributed by atoms with Gasteiger partial charge in [0, 0.05) is 12.0 Å². The van der Waals surface area contributed by atoms with Crippen molar-refractivity contribution in [3.05, 3.63) is 34.9 Å². The van der Waals surface area contributed by atoms with Crippen LogP contribution in [0.5, 0.6) is 0 Å². The van der Waals surface area contributed by atoms with Gasteiger partial charge in [-0.1, -0.05) is 39.0 Å². The molecule has 0 spiro atoms. The van der Waals surface area contributed by atoms with Gasteiger partial charge in [-0.05, 0) is 41.9 Å². The largest absolute Gasteiger partial charge is 0.327 e. The van der Waals surface area contributed by atoms with E-state index in [0.717, 1.165) is 12.8 Å². The Bertz CT molecular complexity index is 387. The first-order valence-electron chi connectivity index (χ1n) is 6.25. The van der Waals surface area contributed by atoms with Crippen molar-refractivity contribution < 1.29 is 0 Å². The molecule has 1 aliphatic carbocycles. The Morgan fingerprint density at radius 1 is 1.25 bits per heavy atom. The molecule has 88 valence electrons. The normalized spacial score (nSPS) is 25.3. The van der Waals surface area contributed by atoms with E-state index in [1.807, 2.05) is 0 Å². The van der Waals surface area contributed by atoms with Crippen LogP contribution in [0.3, 0.4) is 0 Å². The summed E-state index contributed by atoms with van der Waals surface area (Å²) in [5.74, 6) is 0.496. The lowest BCUT2D eigenvalue weighted by Crippen LogP contribution is -2.40. The number of benzene rings is 1. The number of hydrogen-bond acceptors (Lipinski definition) is 1. The highest BCUT2D eigenvalue weighted by atomic mass is 14.7. The van der Waals surface area contributed by atoms with Gasteiger partial charge in [0.2, 0.25) is 0 Å². The highest BCUT2D eigenvalue weighted by Gasteiger charge is 2.35. The van der Waals surface area contributed by atoms with Crippen LogP contribution >= 0.6 is 0 Å². The number of aryl methyl sites for hydroxylation is 1. The van der Waals surface area contributed by atoms with Crippen molar-refractivity contribution >= 4 is 0 Å². The lowest BCUT2D eigenvalue weighted by atomic mass is 9.66. The summed E-state index contributed by atoms with van der Waals surface area (Å²) in [6.07, 6.45) is 2.27. The Kier molecular flexibility index (Phi) is 2.83. The molecule has 1 aromatic carbocycles. The molecule has 2 rings (SSSR count). The van der Waals surface area contributed by atoms with Crippen molar-refractivity contribution in [1.29, 1.82) is 0 Å². The Labute approximate surface area is 99.0 Å². The molecule has 0 radical (unpaired) electrons. The number of hydrogen-bond donors (Lipinski definition) is 1. The Balaban J connectivity index is 2.53. The maximum atomic E-state index is 6.33. The standard InChI is InChI=1S/C15H23N/c1-10-6-5-7-12-11(10)8-9-13(16)14(12)15(2,3)4/h5-7,13-14H,8-9,16H2,1-4H3. The van der Waals surface area contributed by atoms with E-state index < -0.39 is 0 Å². The van der Waals surface area contributed by atoms with Gasteiger partial charge in [-0.15, -0.1) is 0 Å². The Hall–Kier alpha value is -0.820. The molecule has 0 saturated heterocycles. The van der Waals surface area contributed by atoms with E-state index in [2.05, 4.69) is 45.9 Å². The first-order chi connectivity index (χ1) is 7.41. The van der Waals surface area contributed by atoms with Crippen LogP contribution in [0.1, 0.15) is 49.8 Å². The molecule has 1 aliphatic rings. The average Bonchev–Trinajstić information content (AvgIpc) is 2.15. The van der Waals surface area contributed by atoms with Gasteiger partial charge in [0.15, 0.2) is 0 Å². The van der Waals surface area contributed by atoms with E-state index >= 15 is 0 Å². The zero-order valence-corrected chi connectivity index (χ0v) is 10.9. The van der Waals surface area contributed by atoms with Gasteiger partial charge in [0.1, 0.15) is 0 Å². The molecule has 0 fully saturated rings. The third-order valence-corrected chi connectivity index (χ3v) is 3.87. The summed E-state index contributed by atoms with van der Waals surface area (Å²) in [6.45, 7) is 9.12. The first kappa shape index (κ1) is 11.7. The van der Waals surface area contributed by atoms with Crippen molar-refractivity contribution in [2.75, 3.05) is 0 Å². The summed E-state index contributed by atoms with van der Waals surface area (Å²) in [7, 11) is 0. The molecular formula is C15H23N. The molecule has 1 nitrogen and oxygen atoms in total. The molecule has 0 heterocycles. The molecule has 2 unspecified atom stereocenters. The fraction of sp³-hybridized carbons (Fsp3) is 0.600. The first-order valence-corrected chi connectivity index (χ1v) is 6.25. The highest BCUT2D eigenvalue weighted by Crippen LogP contribution is 2.43. The van der Waals surface area contributed by atoms with Crippen molar-refractivity contribution in [2.24, 2.45) is 11.1 Å². The van der Waals surface area contributed by atoms with Crippen LogP contribution in [0.15, 0.2) is 18.2 Å². The van der Waals surface area contributed by atoms with E-state index in [9.17, 15) is 0 Å². The molecule has 0 bridgehead atoms. The van der Waals surface area contributed by atoms with Crippen molar-refractivity contribution in [3.63, 3.8) is 0 Å². The molecule has 1 heteroatoms. The summed E-state index contributed by atoms with van der Waals surface area (Å²) in [5.41, 5.74) is 11.0. The van der Waals surface area contributed by atoms with Crippen molar-refractivity contribution in [2.45, 2.75) is 52.5 Å². The molecule has 0 saturated carbocycles. The molecule has 0 amide bonds. The third-order valence-electron chi connectivity index (χ3n) is 3.87. The monoisotopic (exact) mass is 217 g/mol. The lowest BCUT2D eigenvalue weighted by molar-refractivity contribution is 0.260. The average molecular weight is 217 g/mol. The van der Waals surface area contributed by atoms with Gasteiger partial charge < -0.3 is 5.73 Å². The summed E-state index contributed by atoms with van der Waals surface area (Å²) in [5, 5.41) is 0. The van der Waals surface area contributed by atoms with E-state index in [1.54, 1.807) is 5.56 Å². The summed E-state index contributed by atoms with van der Waals surface area (Å²) >= 11 is 0. The van der Waals surface area contributed by atoms with Crippen LogP contribution < -0.4 is 5.73 Å². The minimum atomic E-state index is 0.252. The number of rotatable bonds is 0. The zero-order valence-electron chi connectivity index (χ0n) is 10.9.